The van der Waals surface area contributed by atoms with Gasteiger partial charge in [-0.05, 0) is 25.2 Å². The molecule has 0 saturated heterocycles. The van der Waals surface area contributed by atoms with Crippen LogP contribution in [-0.4, -0.2) is 5.38 Å². The van der Waals surface area contributed by atoms with Gasteiger partial charge in [0.1, 0.15) is 0 Å². The maximum atomic E-state index is 6.04. The van der Waals surface area contributed by atoms with E-state index in [0.29, 0.717) is 0 Å². The van der Waals surface area contributed by atoms with Crippen LogP contribution in [0.25, 0.3) is 0 Å². The Balaban J connectivity index is 2.40. The second-order valence-electron chi connectivity index (χ2n) is 3.17. The molecule has 58 valence electrons. The average molecular weight is 159 g/mol. The quantitative estimate of drug-likeness (QED) is 0.406. The molecule has 1 aliphatic carbocycles. The third-order valence-corrected chi connectivity index (χ3v) is 2.92. The second-order valence-corrected chi connectivity index (χ2v) is 3.70. The van der Waals surface area contributed by atoms with Crippen molar-refractivity contribution in [3.63, 3.8) is 0 Å². The van der Waals surface area contributed by atoms with E-state index in [1.165, 1.54) is 18.4 Å². The van der Waals surface area contributed by atoms with Gasteiger partial charge >= 0.3 is 0 Å². The zero-order chi connectivity index (χ0) is 7.56. The average Bonchev–Trinajstić information content (AvgIpc) is 1.95. The molecule has 1 heteroatoms. The molecule has 0 nitrogen and oxygen atoms in total. The third kappa shape index (κ3) is 1.76. The summed E-state index contributed by atoms with van der Waals surface area (Å²) in [7, 11) is 0. The van der Waals surface area contributed by atoms with Crippen LogP contribution in [0, 0.1) is 5.92 Å². The molecular weight excluding hydrogens is 144 g/mol. The van der Waals surface area contributed by atoms with Crippen molar-refractivity contribution in [2.75, 3.05) is 0 Å². The number of rotatable bonds is 1. The molecule has 0 bridgehead atoms. The largest absolute Gasteiger partial charge is 0.118 e. The Kier molecular flexibility index (Phi) is 2.79. The van der Waals surface area contributed by atoms with E-state index < -0.39 is 0 Å². The van der Waals surface area contributed by atoms with Crippen LogP contribution in [-0.2, 0) is 0 Å². The minimum atomic E-state index is 0.263. The minimum Gasteiger partial charge on any atom is -0.118 e. The second kappa shape index (κ2) is 3.43. The van der Waals surface area contributed by atoms with Gasteiger partial charge in [-0.15, -0.1) is 11.6 Å². The Hall–Kier alpha value is 0.0300. The lowest BCUT2D eigenvalue weighted by atomic mass is 9.85. The first-order valence-electron chi connectivity index (χ1n) is 4.05. The van der Waals surface area contributed by atoms with Gasteiger partial charge in [-0.3, -0.25) is 0 Å². The van der Waals surface area contributed by atoms with E-state index in [1.807, 2.05) is 0 Å². The summed E-state index contributed by atoms with van der Waals surface area (Å²) in [5.74, 6) is 0.855. The van der Waals surface area contributed by atoms with Crippen LogP contribution >= 0.6 is 11.6 Å². The molecule has 10 heavy (non-hydrogen) atoms. The Labute approximate surface area is 68.3 Å². The predicted octanol–water partition coefficient (Wildman–Crippen LogP) is 3.36. The van der Waals surface area contributed by atoms with Crippen molar-refractivity contribution in [2.24, 2.45) is 5.92 Å². The molecule has 0 aromatic heterocycles. The zero-order valence-corrected chi connectivity index (χ0v) is 7.32. The fraction of sp³-hybridized carbons (Fsp3) is 0.778. The lowest BCUT2D eigenvalue weighted by Crippen LogP contribution is -2.16. The van der Waals surface area contributed by atoms with Gasteiger partial charge in [-0.25, -0.2) is 0 Å². The number of allylic oxidation sites excluding steroid dienone is 1. The molecule has 1 rings (SSSR count). The normalized spacial score (nSPS) is 34.4. The van der Waals surface area contributed by atoms with Gasteiger partial charge in [0.2, 0.25) is 0 Å². The van der Waals surface area contributed by atoms with E-state index >= 15 is 0 Å². The van der Waals surface area contributed by atoms with Crippen LogP contribution in [0.5, 0.6) is 0 Å². The Morgan fingerprint density at radius 1 is 1.70 bits per heavy atom. The third-order valence-electron chi connectivity index (χ3n) is 2.43. The highest BCUT2D eigenvalue weighted by Crippen LogP contribution is 2.32. The predicted molar refractivity (Wildman–Crippen MR) is 46.4 cm³/mol. The van der Waals surface area contributed by atoms with Crippen molar-refractivity contribution in [3.8, 4) is 0 Å². The minimum absolute atomic E-state index is 0.263. The molecule has 2 unspecified atom stereocenters. The maximum Gasteiger partial charge on any atom is 0.0545 e. The first-order valence-corrected chi connectivity index (χ1v) is 4.49. The highest BCUT2D eigenvalue weighted by atomic mass is 35.5. The number of hydrogen-bond acceptors (Lipinski definition) is 0. The standard InChI is InChI=1S/C9H15Cl/c1-3-8-5-4-7(2)9(10)6-8/h8-9H,2-6H2,1H3. The van der Waals surface area contributed by atoms with Crippen molar-refractivity contribution in [1.82, 2.24) is 0 Å². The van der Waals surface area contributed by atoms with E-state index in [9.17, 15) is 0 Å². The molecular formula is C9H15Cl. The summed E-state index contributed by atoms with van der Waals surface area (Å²) in [6.45, 7) is 6.17. The van der Waals surface area contributed by atoms with Gasteiger partial charge in [0.15, 0.2) is 0 Å². The van der Waals surface area contributed by atoms with Crippen LogP contribution in [0.3, 0.4) is 0 Å². The van der Waals surface area contributed by atoms with Crippen LogP contribution in [0.1, 0.15) is 32.6 Å². The zero-order valence-electron chi connectivity index (χ0n) is 6.57. The van der Waals surface area contributed by atoms with Crippen molar-refractivity contribution in [1.29, 1.82) is 0 Å². The van der Waals surface area contributed by atoms with Crippen LogP contribution in [0.15, 0.2) is 12.2 Å². The molecule has 1 aliphatic rings. The molecule has 0 amide bonds. The molecule has 1 fully saturated rings. The number of halogens is 1. The Morgan fingerprint density at radius 3 is 2.90 bits per heavy atom. The lowest BCUT2D eigenvalue weighted by Gasteiger charge is -2.26. The molecule has 0 radical (unpaired) electrons. The summed E-state index contributed by atoms with van der Waals surface area (Å²) >= 11 is 6.04. The van der Waals surface area contributed by atoms with E-state index in [0.717, 1.165) is 18.8 Å². The van der Waals surface area contributed by atoms with E-state index in [2.05, 4.69) is 13.5 Å². The topological polar surface area (TPSA) is 0 Å². The van der Waals surface area contributed by atoms with E-state index in [4.69, 9.17) is 11.6 Å². The lowest BCUT2D eigenvalue weighted by molar-refractivity contribution is 0.402. The Morgan fingerprint density at radius 2 is 2.40 bits per heavy atom. The highest BCUT2D eigenvalue weighted by Gasteiger charge is 2.21. The molecule has 0 aliphatic heterocycles. The Bertz CT molecular complexity index is 129. The van der Waals surface area contributed by atoms with Crippen molar-refractivity contribution < 1.29 is 0 Å². The first-order chi connectivity index (χ1) is 4.74. The smallest absolute Gasteiger partial charge is 0.0545 e. The van der Waals surface area contributed by atoms with Gasteiger partial charge in [-0.2, -0.15) is 0 Å². The van der Waals surface area contributed by atoms with Crippen molar-refractivity contribution >= 4 is 11.6 Å². The van der Waals surface area contributed by atoms with Crippen molar-refractivity contribution in [3.05, 3.63) is 12.2 Å². The summed E-state index contributed by atoms with van der Waals surface area (Å²) in [5.41, 5.74) is 1.24. The van der Waals surface area contributed by atoms with Gasteiger partial charge in [0, 0.05) is 0 Å². The first kappa shape index (κ1) is 8.13. The van der Waals surface area contributed by atoms with Crippen LogP contribution in [0.2, 0.25) is 0 Å². The fourth-order valence-corrected chi connectivity index (χ4v) is 1.86. The molecule has 1 saturated carbocycles. The van der Waals surface area contributed by atoms with Gasteiger partial charge < -0.3 is 0 Å². The van der Waals surface area contributed by atoms with Gasteiger partial charge in [0.25, 0.3) is 0 Å². The molecule has 0 spiro atoms. The molecule has 0 N–H and O–H groups in total. The van der Waals surface area contributed by atoms with Crippen LogP contribution in [0.4, 0.5) is 0 Å². The maximum absolute atomic E-state index is 6.04. The van der Waals surface area contributed by atoms with Crippen LogP contribution < -0.4 is 0 Å². The summed E-state index contributed by atoms with van der Waals surface area (Å²) in [6.07, 6.45) is 4.87. The van der Waals surface area contributed by atoms with E-state index in [1.54, 1.807) is 0 Å². The van der Waals surface area contributed by atoms with Crippen molar-refractivity contribution in [2.45, 2.75) is 38.0 Å². The van der Waals surface area contributed by atoms with E-state index in [-0.39, 0.29) is 5.38 Å². The van der Waals surface area contributed by atoms with Gasteiger partial charge in [-0.1, -0.05) is 25.5 Å². The molecule has 2 atom stereocenters. The monoisotopic (exact) mass is 158 g/mol. The molecule has 0 heterocycles. The number of hydrogen-bond donors (Lipinski definition) is 0. The molecule has 0 aromatic carbocycles. The SMILES string of the molecule is C=C1CCC(CC)CC1Cl. The summed E-state index contributed by atoms with van der Waals surface area (Å²) < 4.78 is 0. The molecule has 0 aromatic rings. The number of alkyl halides is 1. The van der Waals surface area contributed by atoms with Gasteiger partial charge in [0.05, 0.1) is 5.38 Å². The fourth-order valence-electron chi connectivity index (χ4n) is 1.49. The summed E-state index contributed by atoms with van der Waals surface area (Å²) in [5, 5.41) is 0.263. The summed E-state index contributed by atoms with van der Waals surface area (Å²) in [4.78, 5) is 0. The highest BCUT2D eigenvalue weighted by molar-refractivity contribution is 6.22. The summed E-state index contributed by atoms with van der Waals surface area (Å²) in [6, 6.07) is 0.